The van der Waals surface area contributed by atoms with Crippen LogP contribution in [0.4, 0.5) is 5.69 Å². The van der Waals surface area contributed by atoms with E-state index in [-0.39, 0.29) is 28.4 Å². The van der Waals surface area contributed by atoms with E-state index in [1.54, 1.807) is 0 Å². The summed E-state index contributed by atoms with van der Waals surface area (Å²) in [7, 11) is 1.36. The van der Waals surface area contributed by atoms with Crippen LogP contribution < -0.4 is 10.1 Å². The molecule has 2 rings (SSSR count). The molecule has 24 heavy (non-hydrogen) atoms. The number of nitro groups is 1. The lowest BCUT2D eigenvalue weighted by molar-refractivity contribution is -0.385. The van der Waals surface area contributed by atoms with E-state index in [0.29, 0.717) is 6.54 Å². The highest BCUT2D eigenvalue weighted by atomic mass is 16.6. The van der Waals surface area contributed by atoms with Crippen molar-refractivity contribution in [1.29, 1.82) is 0 Å². The van der Waals surface area contributed by atoms with Gasteiger partial charge < -0.3 is 10.1 Å². The number of piperidine rings is 1. The highest BCUT2D eigenvalue weighted by Gasteiger charge is 2.28. The molecule has 7 nitrogen and oxygen atoms in total. The van der Waals surface area contributed by atoms with Crippen molar-refractivity contribution in [2.45, 2.75) is 38.6 Å². The molecule has 132 valence electrons. The molecule has 0 aromatic heterocycles. The number of nitrogens with zero attached hydrogens (tertiary/aromatic N) is 2. The Morgan fingerprint density at radius 3 is 2.58 bits per heavy atom. The van der Waals surface area contributed by atoms with Crippen molar-refractivity contribution in [3.05, 3.63) is 33.9 Å². The molecule has 1 aliphatic heterocycles. The van der Waals surface area contributed by atoms with Crippen LogP contribution in [0.25, 0.3) is 0 Å². The van der Waals surface area contributed by atoms with Gasteiger partial charge in [-0.05, 0) is 51.9 Å². The minimum Gasteiger partial charge on any atom is -0.490 e. The van der Waals surface area contributed by atoms with Gasteiger partial charge in [-0.2, -0.15) is 0 Å². The van der Waals surface area contributed by atoms with Crippen molar-refractivity contribution in [3.8, 4) is 5.75 Å². The van der Waals surface area contributed by atoms with Gasteiger partial charge >= 0.3 is 5.69 Å². The number of carbonyl (C=O) groups is 1. The summed E-state index contributed by atoms with van der Waals surface area (Å²) in [6.45, 7) is 6.78. The first-order valence-corrected chi connectivity index (χ1v) is 8.21. The zero-order valence-corrected chi connectivity index (χ0v) is 14.5. The molecule has 1 saturated heterocycles. The normalized spacial score (nSPS) is 15.8. The molecule has 1 heterocycles. The fourth-order valence-corrected chi connectivity index (χ4v) is 2.98. The molecule has 1 N–H and O–H groups in total. The number of hydrogen-bond acceptors (Lipinski definition) is 5. The average molecular weight is 335 g/mol. The quantitative estimate of drug-likeness (QED) is 0.638. The van der Waals surface area contributed by atoms with E-state index in [1.165, 1.54) is 44.6 Å². The Hall–Kier alpha value is -2.15. The number of hydrogen-bond donors (Lipinski definition) is 1. The molecule has 0 atom stereocenters. The summed E-state index contributed by atoms with van der Waals surface area (Å²) in [6, 6.07) is 4.24. The predicted molar refractivity (Wildman–Crippen MR) is 91.5 cm³/mol. The zero-order chi connectivity index (χ0) is 17.7. The van der Waals surface area contributed by atoms with Crippen LogP contribution in [0.15, 0.2) is 18.2 Å². The lowest BCUT2D eigenvalue weighted by Gasteiger charge is -2.41. The highest BCUT2D eigenvalue weighted by Crippen LogP contribution is 2.27. The van der Waals surface area contributed by atoms with Crippen molar-refractivity contribution < 1.29 is 14.5 Å². The summed E-state index contributed by atoms with van der Waals surface area (Å²) in [6.07, 6.45) is 3.62. The minimum absolute atomic E-state index is 0.144. The Morgan fingerprint density at radius 2 is 2.00 bits per heavy atom. The number of nitro benzene ring substituents is 1. The topological polar surface area (TPSA) is 84.7 Å². The maximum absolute atomic E-state index is 12.4. The summed E-state index contributed by atoms with van der Waals surface area (Å²) < 4.78 is 4.95. The number of nitrogens with one attached hydrogen (secondary N) is 1. The van der Waals surface area contributed by atoms with Gasteiger partial charge in [-0.3, -0.25) is 19.8 Å². The summed E-state index contributed by atoms with van der Waals surface area (Å²) >= 11 is 0. The van der Waals surface area contributed by atoms with Crippen LogP contribution in [0.3, 0.4) is 0 Å². The third kappa shape index (κ3) is 4.23. The molecule has 0 spiro atoms. The number of ether oxygens (including phenoxy) is 1. The van der Waals surface area contributed by atoms with Crippen LogP contribution in [0, 0.1) is 10.1 Å². The van der Waals surface area contributed by atoms with E-state index in [4.69, 9.17) is 4.74 Å². The van der Waals surface area contributed by atoms with E-state index in [1.807, 2.05) is 0 Å². The highest BCUT2D eigenvalue weighted by molar-refractivity contribution is 5.95. The zero-order valence-electron chi connectivity index (χ0n) is 14.5. The monoisotopic (exact) mass is 335 g/mol. The number of amides is 1. The van der Waals surface area contributed by atoms with E-state index in [0.717, 1.165) is 13.1 Å². The van der Waals surface area contributed by atoms with Crippen LogP contribution >= 0.6 is 0 Å². The lowest BCUT2D eigenvalue weighted by Crippen LogP contribution is -2.53. The summed E-state index contributed by atoms with van der Waals surface area (Å²) in [4.78, 5) is 25.3. The molecule has 7 heteroatoms. The van der Waals surface area contributed by atoms with Crippen molar-refractivity contribution in [2.24, 2.45) is 0 Å². The number of methoxy groups -OCH3 is 1. The predicted octanol–water partition coefficient (Wildman–Crippen LogP) is 2.60. The standard InChI is InChI=1S/C17H25N3O4/c1-17(2,19-9-5-4-6-10-19)12-18-16(21)13-7-8-15(24-3)14(11-13)20(22)23/h7-8,11H,4-6,9-10,12H2,1-3H3,(H,18,21). The molecule has 0 unspecified atom stereocenters. The van der Waals surface area contributed by atoms with Gasteiger partial charge in [0.2, 0.25) is 0 Å². The van der Waals surface area contributed by atoms with Crippen molar-refractivity contribution in [2.75, 3.05) is 26.7 Å². The van der Waals surface area contributed by atoms with Gasteiger partial charge in [0.25, 0.3) is 5.91 Å². The second-order valence-electron chi connectivity index (χ2n) is 6.69. The van der Waals surface area contributed by atoms with E-state index in [9.17, 15) is 14.9 Å². The Bertz CT molecular complexity index is 610. The minimum atomic E-state index is -0.548. The van der Waals surface area contributed by atoms with Gasteiger partial charge in [0.1, 0.15) is 0 Å². The summed E-state index contributed by atoms with van der Waals surface area (Å²) in [5, 5.41) is 14.0. The Morgan fingerprint density at radius 1 is 1.33 bits per heavy atom. The van der Waals surface area contributed by atoms with Crippen molar-refractivity contribution >= 4 is 11.6 Å². The molecule has 1 amide bonds. The van der Waals surface area contributed by atoms with Gasteiger partial charge in [-0.1, -0.05) is 6.42 Å². The molecule has 1 aliphatic rings. The maximum atomic E-state index is 12.4. The van der Waals surface area contributed by atoms with Crippen LogP contribution in [0.5, 0.6) is 5.75 Å². The van der Waals surface area contributed by atoms with Crippen LogP contribution in [-0.4, -0.2) is 48.0 Å². The molecule has 0 radical (unpaired) electrons. The van der Waals surface area contributed by atoms with Gasteiger partial charge in [-0.15, -0.1) is 0 Å². The first-order valence-electron chi connectivity index (χ1n) is 8.21. The molecule has 0 saturated carbocycles. The van der Waals surface area contributed by atoms with Gasteiger partial charge in [0.15, 0.2) is 5.75 Å². The number of carbonyl (C=O) groups excluding carboxylic acids is 1. The fourth-order valence-electron chi connectivity index (χ4n) is 2.98. The van der Waals surface area contributed by atoms with Gasteiger partial charge in [0.05, 0.1) is 12.0 Å². The molecule has 1 fully saturated rings. The number of rotatable bonds is 6. The Balaban J connectivity index is 2.04. The van der Waals surface area contributed by atoms with Crippen molar-refractivity contribution in [3.63, 3.8) is 0 Å². The lowest BCUT2D eigenvalue weighted by atomic mass is 9.98. The second-order valence-corrected chi connectivity index (χ2v) is 6.69. The molecule has 0 bridgehead atoms. The van der Waals surface area contributed by atoms with Gasteiger partial charge in [0, 0.05) is 23.7 Å². The molecule has 1 aromatic rings. The van der Waals surface area contributed by atoms with E-state index >= 15 is 0 Å². The van der Waals surface area contributed by atoms with E-state index < -0.39 is 4.92 Å². The fraction of sp³-hybridized carbons (Fsp3) is 0.588. The smallest absolute Gasteiger partial charge is 0.311 e. The van der Waals surface area contributed by atoms with Crippen molar-refractivity contribution in [1.82, 2.24) is 10.2 Å². The SMILES string of the molecule is COc1ccc(C(=O)NCC(C)(C)N2CCCCC2)cc1[N+](=O)[O-]. The van der Waals surface area contributed by atoms with E-state index in [2.05, 4.69) is 24.1 Å². The molecular formula is C17H25N3O4. The third-order valence-corrected chi connectivity index (χ3v) is 4.53. The summed E-state index contributed by atoms with van der Waals surface area (Å²) in [5.74, 6) is -0.170. The second kappa shape index (κ2) is 7.61. The number of likely N-dealkylation sites (tertiary alicyclic amines) is 1. The first kappa shape index (κ1) is 18.2. The number of benzene rings is 1. The Labute approximate surface area is 142 Å². The largest absolute Gasteiger partial charge is 0.490 e. The molecule has 0 aliphatic carbocycles. The summed E-state index contributed by atoms with van der Waals surface area (Å²) in [5.41, 5.74) is -0.0912. The Kier molecular flexibility index (Phi) is 5.77. The maximum Gasteiger partial charge on any atom is 0.311 e. The van der Waals surface area contributed by atoms with Crippen LogP contribution in [0.1, 0.15) is 43.5 Å². The molecule has 1 aromatic carbocycles. The van der Waals surface area contributed by atoms with Crippen LogP contribution in [0.2, 0.25) is 0 Å². The molecular weight excluding hydrogens is 310 g/mol. The average Bonchev–Trinajstić information content (AvgIpc) is 2.59. The van der Waals surface area contributed by atoms with Gasteiger partial charge in [-0.25, -0.2) is 0 Å². The third-order valence-electron chi connectivity index (χ3n) is 4.53. The van der Waals surface area contributed by atoms with Crippen LogP contribution in [-0.2, 0) is 0 Å². The first-order chi connectivity index (χ1) is 11.3.